The molecule has 0 aliphatic carbocycles. The van der Waals surface area contributed by atoms with E-state index in [1.54, 1.807) is 0 Å². The highest BCUT2D eigenvalue weighted by atomic mass is 16.5. The van der Waals surface area contributed by atoms with Gasteiger partial charge < -0.3 is 10.5 Å². The molecule has 2 unspecified atom stereocenters. The van der Waals surface area contributed by atoms with Crippen LogP contribution in [-0.4, -0.2) is 30.1 Å². The maximum Gasteiger partial charge on any atom is 0.120 e. The second kappa shape index (κ2) is 6.40. The molecule has 19 heavy (non-hydrogen) atoms. The third kappa shape index (κ3) is 3.48. The molecule has 2 atom stereocenters. The normalized spacial score (nSPS) is 21.8. The standard InChI is InChI=1S/C16H26N2O/c1-12(2)19-15-8-4-7-14(10-15)16(11-17)18-9-5-6-13(18)3/h4,7-8,10,12-13,16H,5-6,9,11,17H2,1-3H3. The van der Waals surface area contributed by atoms with E-state index >= 15 is 0 Å². The lowest BCUT2D eigenvalue weighted by molar-refractivity contribution is 0.194. The van der Waals surface area contributed by atoms with E-state index in [2.05, 4.69) is 43.9 Å². The molecular formula is C16H26N2O. The highest BCUT2D eigenvalue weighted by Crippen LogP contribution is 2.30. The Bertz CT molecular complexity index is 405. The first-order chi connectivity index (χ1) is 9.11. The van der Waals surface area contributed by atoms with Gasteiger partial charge in [0, 0.05) is 18.6 Å². The second-order valence-electron chi connectivity index (χ2n) is 5.72. The lowest BCUT2D eigenvalue weighted by Crippen LogP contribution is -2.36. The zero-order valence-corrected chi connectivity index (χ0v) is 12.3. The number of nitrogens with zero attached hydrogens (tertiary/aromatic N) is 1. The fourth-order valence-electron chi connectivity index (χ4n) is 2.95. The SMILES string of the molecule is CC(C)Oc1cccc(C(CN)N2CCCC2C)c1. The van der Waals surface area contributed by atoms with Gasteiger partial charge in [0.25, 0.3) is 0 Å². The lowest BCUT2D eigenvalue weighted by atomic mass is 10.0. The van der Waals surface area contributed by atoms with Crippen molar-refractivity contribution in [3.8, 4) is 5.75 Å². The van der Waals surface area contributed by atoms with E-state index in [4.69, 9.17) is 10.5 Å². The molecule has 2 N–H and O–H groups in total. The molecule has 0 radical (unpaired) electrons. The van der Waals surface area contributed by atoms with Gasteiger partial charge in [-0.1, -0.05) is 12.1 Å². The molecule has 3 nitrogen and oxygen atoms in total. The van der Waals surface area contributed by atoms with Gasteiger partial charge in [-0.2, -0.15) is 0 Å². The van der Waals surface area contributed by atoms with Gasteiger partial charge in [0.2, 0.25) is 0 Å². The van der Waals surface area contributed by atoms with Crippen LogP contribution in [0.3, 0.4) is 0 Å². The summed E-state index contributed by atoms with van der Waals surface area (Å²) in [6.45, 7) is 8.21. The Balaban J connectivity index is 2.18. The lowest BCUT2D eigenvalue weighted by Gasteiger charge is -2.31. The van der Waals surface area contributed by atoms with Crippen LogP contribution in [0, 0.1) is 0 Å². The predicted molar refractivity (Wildman–Crippen MR) is 79.4 cm³/mol. The van der Waals surface area contributed by atoms with E-state index in [0.717, 1.165) is 12.3 Å². The Labute approximate surface area is 116 Å². The summed E-state index contributed by atoms with van der Waals surface area (Å²) in [6, 6.07) is 9.33. The van der Waals surface area contributed by atoms with Crippen molar-refractivity contribution < 1.29 is 4.74 Å². The average Bonchev–Trinajstić information content (AvgIpc) is 2.77. The predicted octanol–water partition coefficient (Wildman–Crippen LogP) is 2.96. The van der Waals surface area contributed by atoms with Crippen molar-refractivity contribution in [1.29, 1.82) is 0 Å². The van der Waals surface area contributed by atoms with Crippen LogP contribution in [0.5, 0.6) is 5.75 Å². The van der Waals surface area contributed by atoms with Crippen molar-refractivity contribution in [3.05, 3.63) is 29.8 Å². The third-order valence-electron chi connectivity index (χ3n) is 3.84. The van der Waals surface area contributed by atoms with Crippen molar-refractivity contribution in [2.24, 2.45) is 5.73 Å². The van der Waals surface area contributed by atoms with E-state index in [9.17, 15) is 0 Å². The zero-order chi connectivity index (χ0) is 13.8. The van der Waals surface area contributed by atoms with Crippen LogP contribution in [0.4, 0.5) is 0 Å². The summed E-state index contributed by atoms with van der Waals surface area (Å²) >= 11 is 0. The van der Waals surface area contributed by atoms with E-state index in [1.807, 2.05) is 6.07 Å². The molecule has 0 aromatic heterocycles. The molecule has 3 heteroatoms. The average molecular weight is 262 g/mol. The summed E-state index contributed by atoms with van der Waals surface area (Å²) in [5, 5.41) is 0. The minimum Gasteiger partial charge on any atom is -0.491 e. The van der Waals surface area contributed by atoms with Crippen LogP contribution in [0.15, 0.2) is 24.3 Å². The van der Waals surface area contributed by atoms with Crippen molar-refractivity contribution in [3.63, 3.8) is 0 Å². The van der Waals surface area contributed by atoms with Crippen LogP contribution < -0.4 is 10.5 Å². The summed E-state index contributed by atoms with van der Waals surface area (Å²) in [4.78, 5) is 2.52. The summed E-state index contributed by atoms with van der Waals surface area (Å²) < 4.78 is 5.78. The number of likely N-dealkylation sites (tertiary alicyclic amines) is 1. The second-order valence-corrected chi connectivity index (χ2v) is 5.72. The monoisotopic (exact) mass is 262 g/mol. The van der Waals surface area contributed by atoms with E-state index in [-0.39, 0.29) is 6.10 Å². The number of ether oxygens (including phenoxy) is 1. The summed E-state index contributed by atoms with van der Waals surface area (Å²) in [6.07, 6.45) is 2.76. The Morgan fingerprint density at radius 3 is 2.79 bits per heavy atom. The smallest absolute Gasteiger partial charge is 0.120 e. The Morgan fingerprint density at radius 1 is 1.42 bits per heavy atom. The van der Waals surface area contributed by atoms with Gasteiger partial charge in [-0.3, -0.25) is 4.90 Å². The van der Waals surface area contributed by atoms with Crippen molar-refractivity contribution in [2.45, 2.75) is 51.8 Å². The number of hydrogen-bond donors (Lipinski definition) is 1. The van der Waals surface area contributed by atoms with Gasteiger partial charge in [0.05, 0.1) is 6.10 Å². The summed E-state index contributed by atoms with van der Waals surface area (Å²) in [5.41, 5.74) is 7.29. The molecule has 0 amide bonds. The van der Waals surface area contributed by atoms with Gasteiger partial charge in [-0.05, 0) is 57.9 Å². The minimum atomic E-state index is 0.206. The van der Waals surface area contributed by atoms with Crippen molar-refractivity contribution in [2.75, 3.05) is 13.1 Å². The van der Waals surface area contributed by atoms with Gasteiger partial charge in [0.15, 0.2) is 0 Å². The molecule has 1 fully saturated rings. The van der Waals surface area contributed by atoms with Gasteiger partial charge in [-0.15, -0.1) is 0 Å². The first-order valence-corrected chi connectivity index (χ1v) is 7.34. The minimum absolute atomic E-state index is 0.206. The highest BCUT2D eigenvalue weighted by Gasteiger charge is 2.28. The largest absolute Gasteiger partial charge is 0.491 e. The van der Waals surface area contributed by atoms with Crippen LogP contribution >= 0.6 is 0 Å². The molecule has 1 aliphatic rings. The summed E-state index contributed by atoms with van der Waals surface area (Å²) in [7, 11) is 0. The molecule has 2 rings (SSSR count). The van der Waals surface area contributed by atoms with Gasteiger partial charge >= 0.3 is 0 Å². The third-order valence-corrected chi connectivity index (χ3v) is 3.84. The first-order valence-electron chi connectivity index (χ1n) is 7.34. The fraction of sp³-hybridized carbons (Fsp3) is 0.625. The quantitative estimate of drug-likeness (QED) is 0.886. The number of rotatable bonds is 5. The number of nitrogens with two attached hydrogens (primary N) is 1. The molecule has 1 aromatic carbocycles. The molecule has 106 valence electrons. The topological polar surface area (TPSA) is 38.5 Å². The number of benzene rings is 1. The van der Waals surface area contributed by atoms with Crippen LogP contribution in [0.2, 0.25) is 0 Å². The van der Waals surface area contributed by atoms with Crippen molar-refractivity contribution >= 4 is 0 Å². The van der Waals surface area contributed by atoms with Crippen LogP contribution in [0.25, 0.3) is 0 Å². The number of hydrogen-bond acceptors (Lipinski definition) is 3. The molecule has 0 saturated carbocycles. The maximum absolute atomic E-state index is 6.02. The van der Waals surface area contributed by atoms with Gasteiger partial charge in [-0.25, -0.2) is 0 Å². The first kappa shape index (κ1) is 14.4. The molecule has 0 bridgehead atoms. The van der Waals surface area contributed by atoms with E-state index in [0.29, 0.717) is 18.6 Å². The molecule has 0 spiro atoms. The van der Waals surface area contributed by atoms with E-state index < -0.39 is 0 Å². The highest BCUT2D eigenvalue weighted by molar-refractivity contribution is 5.31. The molecular weight excluding hydrogens is 236 g/mol. The zero-order valence-electron chi connectivity index (χ0n) is 12.3. The van der Waals surface area contributed by atoms with Gasteiger partial charge in [0.1, 0.15) is 5.75 Å². The van der Waals surface area contributed by atoms with Crippen LogP contribution in [-0.2, 0) is 0 Å². The van der Waals surface area contributed by atoms with E-state index in [1.165, 1.54) is 18.4 Å². The maximum atomic E-state index is 6.02. The van der Waals surface area contributed by atoms with Crippen LogP contribution in [0.1, 0.15) is 45.2 Å². The molecule has 1 aromatic rings. The molecule has 1 saturated heterocycles. The Hall–Kier alpha value is -1.06. The Kier molecular flexibility index (Phi) is 4.83. The van der Waals surface area contributed by atoms with Crippen molar-refractivity contribution in [1.82, 2.24) is 4.90 Å². The fourth-order valence-corrected chi connectivity index (χ4v) is 2.95. The Morgan fingerprint density at radius 2 is 2.21 bits per heavy atom. The molecule has 1 heterocycles. The molecule has 1 aliphatic heterocycles. The summed E-state index contributed by atoms with van der Waals surface area (Å²) in [5.74, 6) is 0.942.